The van der Waals surface area contributed by atoms with E-state index in [9.17, 15) is 0 Å². The van der Waals surface area contributed by atoms with E-state index in [2.05, 4.69) is 61.6 Å². The highest BCUT2D eigenvalue weighted by atomic mass is 16.5. The van der Waals surface area contributed by atoms with Crippen LogP contribution in [-0.4, -0.2) is 73.7 Å². The number of fused-ring (bicyclic) bond motifs is 1. The van der Waals surface area contributed by atoms with E-state index in [1.165, 1.54) is 56.0 Å². The summed E-state index contributed by atoms with van der Waals surface area (Å²) in [5.41, 5.74) is 4.17. The van der Waals surface area contributed by atoms with E-state index in [1.54, 1.807) is 0 Å². The van der Waals surface area contributed by atoms with Crippen LogP contribution in [0.25, 0.3) is 0 Å². The number of nitrogens with zero attached hydrogens (tertiary/aromatic N) is 3. The van der Waals surface area contributed by atoms with Crippen molar-refractivity contribution in [3.05, 3.63) is 28.8 Å². The van der Waals surface area contributed by atoms with E-state index in [1.807, 2.05) is 0 Å². The molecule has 1 aromatic carbocycles. The molecule has 0 N–H and O–H groups in total. The van der Waals surface area contributed by atoms with Crippen LogP contribution in [0.15, 0.2) is 12.1 Å². The first-order chi connectivity index (χ1) is 12.0. The molecule has 2 heterocycles. The predicted octanol–water partition coefficient (Wildman–Crippen LogP) is 2.95. The Kier molecular flexibility index (Phi) is 6.03. The van der Waals surface area contributed by atoms with Gasteiger partial charge in [-0.1, -0.05) is 19.9 Å². The lowest BCUT2D eigenvalue weighted by Crippen LogP contribution is -2.61. The molecule has 4 heteroatoms. The fourth-order valence-corrected chi connectivity index (χ4v) is 4.21. The Morgan fingerprint density at radius 2 is 1.88 bits per heavy atom. The second kappa shape index (κ2) is 8.07. The van der Waals surface area contributed by atoms with Gasteiger partial charge in [-0.2, -0.15) is 0 Å². The molecule has 0 aliphatic carbocycles. The average Bonchev–Trinajstić information content (AvgIpc) is 2.56. The van der Waals surface area contributed by atoms with Crippen LogP contribution < -0.4 is 4.74 Å². The van der Waals surface area contributed by atoms with Gasteiger partial charge in [-0.05, 0) is 49.6 Å². The maximum atomic E-state index is 5.88. The molecule has 0 amide bonds. The average molecular weight is 346 g/mol. The maximum absolute atomic E-state index is 5.88. The Hall–Kier alpha value is -1.10. The van der Waals surface area contributed by atoms with Crippen LogP contribution in [0.1, 0.15) is 43.4 Å². The minimum absolute atomic E-state index is 0.491. The number of aryl methyl sites for hydroxylation is 1. The lowest BCUT2D eigenvalue weighted by Gasteiger charge is -2.46. The third-order valence-corrected chi connectivity index (χ3v) is 5.76. The van der Waals surface area contributed by atoms with Crippen LogP contribution in [0.2, 0.25) is 0 Å². The van der Waals surface area contributed by atoms with Crippen molar-refractivity contribution in [3.8, 4) is 5.75 Å². The first-order valence-electron chi connectivity index (χ1n) is 9.89. The van der Waals surface area contributed by atoms with Crippen LogP contribution in [0.4, 0.5) is 0 Å². The molecule has 3 rings (SSSR count). The fourth-order valence-electron chi connectivity index (χ4n) is 4.21. The second-order valence-electron chi connectivity index (χ2n) is 8.09. The second-order valence-corrected chi connectivity index (χ2v) is 8.09. The SMILES string of the molecule is CCOc1cc(C)c(CN2CCN3CCN(C)C[C@@H]3C2)cc1C(C)C. The number of hydrogen-bond acceptors (Lipinski definition) is 4. The zero-order valence-corrected chi connectivity index (χ0v) is 16.7. The molecule has 0 spiro atoms. The monoisotopic (exact) mass is 345 g/mol. The van der Waals surface area contributed by atoms with E-state index in [0.29, 0.717) is 12.0 Å². The molecule has 1 aromatic rings. The van der Waals surface area contributed by atoms with Crippen LogP contribution in [0, 0.1) is 6.92 Å². The summed E-state index contributed by atoms with van der Waals surface area (Å²) < 4.78 is 5.88. The van der Waals surface area contributed by atoms with Gasteiger partial charge in [0.05, 0.1) is 6.61 Å². The molecule has 2 fully saturated rings. The number of ether oxygens (including phenoxy) is 1. The predicted molar refractivity (Wildman–Crippen MR) is 105 cm³/mol. The molecule has 2 aliphatic heterocycles. The van der Waals surface area contributed by atoms with Gasteiger partial charge in [0.1, 0.15) is 5.75 Å². The number of benzene rings is 1. The number of likely N-dealkylation sites (N-methyl/N-ethyl adjacent to an activating group) is 1. The summed E-state index contributed by atoms with van der Waals surface area (Å²) in [5, 5.41) is 0. The molecule has 25 heavy (non-hydrogen) atoms. The van der Waals surface area contributed by atoms with E-state index < -0.39 is 0 Å². The molecule has 140 valence electrons. The Morgan fingerprint density at radius 1 is 1.12 bits per heavy atom. The van der Waals surface area contributed by atoms with Crippen molar-refractivity contribution in [1.29, 1.82) is 0 Å². The zero-order chi connectivity index (χ0) is 18.0. The lowest BCUT2D eigenvalue weighted by atomic mass is 9.95. The first kappa shape index (κ1) is 18.7. The first-order valence-corrected chi connectivity index (χ1v) is 9.89. The largest absolute Gasteiger partial charge is 0.494 e. The summed E-state index contributed by atoms with van der Waals surface area (Å²) in [5.74, 6) is 1.56. The highest BCUT2D eigenvalue weighted by Gasteiger charge is 2.31. The zero-order valence-electron chi connectivity index (χ0n) is 16.7. The van der Waals surface area contributed by atoms with Crippen molar-refractivity contribution in [1.82, 2.24) is 14.7 Å². The smallest absolute Gasteiger partial charge is 0.123 e. The van der Waals surface area contributed by atoms with Crippen LogP contribution in [0.5, 0.6) is 5.75 Å². The summed E-state index contributed by atoms with van der Waals surface area (Å²) >= 11 is 0. The summed E-state index contributed by atoms with van der Waals surface area (Å²) in [6, 6.07) is 5.34. The summed E-state index contributed by atoms with van der Waals surface area (Å²) in [4.78, 5) is 7.80. The van der Waals surface area contributed by atoms with Gasteiger partial charge in [0.15, 0.2) is 0 Å². The fraction of sp³-hybridized carbons (Fsp3) is 0.714. The molecule has 0 bridgehead atoms. The van der Waals surface area contributed by atoms with Crippen LogP contribution in [0.3, 0.4) is 0 Å². The van der Waals surface area contributed by atoms with Gasteiger partial charge >= 0.3 is 0 Å². The van der Waals surface area contributed by atoms with E-state index in [4.69, 9.17) is 4.74 Å². The van der Waals surface area contributed by atoms with Gasteiger partial charge in [-0.15, -0.1) is 0 Å². The van der Waals surface area contributed by atoms with Crippen LogP contribution >= 0.6 is 0 Å². The Morgan fingerprint density at radius 3 is 2.60 bits per heavy atom. The van der Waals surface area contributed by atoms with E-state index in [-0.39, 0.29) is 0 Å². The topological polar surface area (TPSA) is 19.0 Å². The van der Waals surface area contributed by atoms with Crippen LogP contribution in [-0.2, 0) is 6.54 Å². The minimum atomic E-state index is 0.491. The molecular formula is C21H35N3O. The van der Waals surface area contributed by atoms with Gasteiger partial charge in [-0.25, -0.2) is 0 Å². The molecule has 0 aromatic heterocycles. The Labute approximate surface area is 153 Å². The minimum Gasteiger partial charge on any atom is -0.494 e. The van der Waals surface area contributed by atoms with Crippen molar-refractivity contribution < 1.29 is 4.74 Å². The molecule has 1 atom stereocenters. The van der Waals surface area contributed by atoms with Crippen molar-refractivity contribution in [2.75, 3.05) is 52.9 Å². The van der Waals surface area contributed by atoms with Gasteiger partial charge in [0.2, 0.25) is 0 Å². The molecule has 0 radical (unpaired) electrons. The van der Waals surface area contributed by atoms with Gasteiger partial charge in [0, 0.05) is 51.9 Å². The summed E-state index contributed by atoms with van der Waals surface area (Å²) in [6.07, 6.45) is 0. The summed E-state index contributed by atoms with van der Waals surface area (Å²) in [7, 11) is 2.25. The van der Waals surface area contributed by atoms with E-state index >= 15 is 0 Å². The molecule has 4 nitrogen and oxygen atoms in total. The number of hydrogen-bond donors (Lipinski definition) is 0. The molecule has 0 saturated carbocycles. The highest BCUT2D eigenvalue weighted by Crippen LogP contribution is 2.31. The quantitative estimate of drug-likeness (QED) is 0.817. The third kappa shape index (κ3) is 4.36. The summed E-state index contributed by atoms with van der Waals surface area (Å²) in [6.45, 7) is 17.8. The lowest BCUT2D eigenvalue weighted by molar-refractivity contribution is 0.0174. The Bertz CT molecular complexity index is 587. The third-order valence-electron chi connectivity index (χ3n) is 5.76. The van der Waals surface area contributed by atoms with Crippen molar-refractivity contribution in [2.45, 2.75) is 46.2 Å². The molecular weight excluding hydrogens is 310 g/mol. The van der Waals surface area contributed by atoms with Crippen molar-refractivity contribution >= 4 is 0 Å². The molecule has 2 aliphatic rings. The number of rotatable bonds is 5. The van der Waals surface area contributed by atoms with Gasteiger partial charge in [0.25, 0.3) is 0 Å². The molecule has 0 unspecified atom stereocenters. The Balaban J connectivity index is 1.73. The van der Waals surface area contributed by atoms with E-state index in [0.717, 1.165) is 18.9 Å². The van der Waals surface area contributed by atoms with Crippen molar-refractivity contribution in [3.63, 3.8) is 0 Å². The highest BCUT2D eigenvalue weighted by molar-refractivity contribution is 5.44. The standard InChI is InChI=1S/C21H35N3O/c1-6-25-21-11-17(4)18(12-20(21)16(2)3)13-23-8-10-24-9-7-22(5)14-19(24)15-23/h11-12,16,19H,6-10,13-15H2,1-5H3/t19-/m1/s1. The van der Waals surface area contributed by atoms with Gasteiger partial charge < -0.3 is 9.64 Å². The van der Waals surface area contributed by atoms with Gasteiger partial charge in [-0.3, -0.25) is 9.80 Å². The molecule has 2 saturated heterocycles. The normalized spacial score (nSPS) is 23.0. The number of piperazine rings is 2. The van der Waals surface area contributed by atoms with Crippen molar-refractivity contribution in [2.24, 2.45) is 0 Å². The maximum Gasteiger partial charge on any atom is 0.123 e.